The van der Waals surface area contributed by atoms with Crippen molar-refractivity contribution in [3.8, 4) is 12.3 Å². The molecule has 1 atom stereocenters. The molecule has 31 heavy (non-hydrogen) atoms. The van der Waals surface area contributed by atoms with Gasteiger partial charge in [0.25, 0.3) is 10.0 Å². The van der Waals surface area contributed by atoms with Crippen LogP contribution in [0.2, 0.25) is 0 Å². The zero-order valence-electron chi connectivity index (χ0n) is 16.6. The standard InChI is InChI=1S/C22H20FN3O4S/c1-3-12-26(15(2)13-21(27)28)22-19-7-5-4-6-18(19)20(14-24-22)25-31(29,30)17-10-8-16(23)9-11-17/h1,4-11,14-15,25H,12-13H2,2H3,(H,27,28)/t15-/m0/s1. The van der Waals surface area contributed by atoms with E-state index in [1.807, 2.05) is 0 Å². The number of terminal acetylenes is 1. The molecule has 0 saturated carbocycles. The average molecular weight is 441 g/mol. The molecule has 0 aliphatic carbocycles. The van der Waals surface area contributed by atoms with Crippen LogP contribution in [0.4, 0.5) is 15.9 Å². The molecule has 0 bridgehead atoms. The van der Waals surface area contributed by atoms with Gasteiger partial charge in [-0.15, -0.1) is 6.42 Å². The molecule has 0 fully saturated rings. The van der Waals surface area contributed by atoms with Crippen LogP contribution in [0.3, 0.4) is 0 Å². The summed E-state index contributed by atoms with van der Waals surface area (Å²) in [4.78, 5) is 17.2. The maximum Gasteiger partial charge on any atom is 0.305 e. The van der Waals surface area contributed by atoms with Crippen LogP contribution in [-0.4, -0.2) is 37.1 Å². The predicted molar refractivity (Wildman–Crippen MR) is 117 cm³/mol. The van der Waals surface area contributed by atoms with Crippen molar-refractivity contribution in [3.63, 3.8) is 0 Å². The normalized spacial score (nSPS) is 12.2. The van der Waals surface area contributed by atoms with Crippen LogP contribution >= 0.6 is 0 Å². The third-order valence-electron chi connectivity index (χ3n) is 4.68. The quantitative estimate of drug-likeness (QED) is 0.519. The van der Waals surface area contributed by atoms with E-state index in [-0.39, 0.29) is 23.5 Å². The molecular weight excluding hydrogens is 421 g/mol. The van der Waals surface area contributed by atoms with Gasteiger partial charge in [0.1, 0.15) is 11.6 Å². The SMILES string of the molecule is C#CCN(c1ncc(NS(=O)(=O)c2ccc(F)cc2)c2ccccc12)[C@@H](C)CC(=O)O. The summed E-state index contributed by atoms with van der Waals surface area (Å²) in [7, 11) is -3.98. The number of halogens is 1. The number of hydrogen-bond acceptors (Lipinski definition) is 5. The largest absolute Gasteiger partial charge is 0.481 e. The van der Waals surface area contributed by atoms with Gasteiger partial charge >= 0.3 is 5.97 Å². The maximum absolute atomic E-state index is 13.2. The number of fused-ring (bicyclic) bond motifs is 1. The van der Waals surface area contributed by atoms with Crippen molar-refractivity contribution < 1.29 is 22.7 Å². The van der Waals surface area contributed by atoms with Gasteiger partial charge in [-0.25, -0.2) is 17.8 Å². The molecule has 0 amide bonds. The fourth-order valence-electron chi connectivity index (χ4n) is 3.21. The first kappa shape index (κ1) is 22.1. The summed E-state index contributed by atoms with van der Waals surface area (Å²) in [6, 6.07) is 11.0. The zero-order chi connectivity index (χ0) is 22.6. The molecule has 0 radical (unpaired) electrons. The number of aromatic nitrogens is 1. The van der Waals surface area contributed by atoms with Crippen molar-refractivity contribution in [3.05, 3.63) is 60.5 Å². The van der Waals surface area contributed by atoms with Crippen molar-refractivity contribution in [2.24, 2.45) is 0 Å². The predicted octanol–water partition coefficient (Wildman–Crippen LogP) is 3.48. The molecule has 2 N–H and O–H groups in total. The first-order chi connectivity index (χ1) is 14.7. The highest BCUT2D eigenvalue weighted by Gasteiger charge is 2.22. The minimum atomic E-state index is -3.98. The Bertz CT molecular complexity index is 1250. The molecule has 0 saturated heterocycles. The van der Waals surface area contributed by atoms with Gasteiger partial charge in [-0.05, 0) is 31.2 Å². The van der Waals surface area contributed by atoms with Crippen LogP contribution in [0.5, 0.6) is 0 Å². The number of rotatable bonds is 8. The van der Waals surface area contributed by atoms with Gasteiger partial charge in [0.05, 0.1) is 29.7 Å². The monoisotopic (exact) mass is 441 g/mol. The van der Waals surface area contributed by atoms with E-state index in [0.29, 0.717) is 16.6 Å². The zero-order valence-corrected chi connectivity index (χ0v) is 17.4. The Hall–Kier alpha value is -3.64. The number of anilines is 2. The highest BCUT2D eigenvalue weighted by molar-refractivity contribution is 7.92. The Morgan fingerprint density at radius 3 is 2.48 bits per heavy atom. The lowest BCUT2D eigenvalue weighted by molar-refractivity contribution is -0.137. The van der Waals surface area contributed by atoms with Crippen LogP contribution in [0, 0.1) is 18.2 Å². The van der Waals surface area contributed by atoms with Crippen LogP contribution in [-0.2, 0) is 14.8 Å². The molecule has 1 aromatic heterocycles. The lowest BCUT2D eigenvalue weighted by Crippen LogP contribution is -2.36. The second-order valence-corrected chi connectivity index (χ2v) is 8.56. The van der Waals surface area contributed by atoms with Gasteiger partial charge in [0, 0.05) is 16.8 Å². The van der Waals surface area contributed by atoms with Gasteiger partial charge in [-0.3, -0.25) is 9.52 Å². The number of aliphatic carboxylic acids is 1. The fraction of sp³-hybridized carbons (Fsp3) is 0.182. The van der Waals surface area contributed by atoms with E-state index in [0.717, 1.165) is 12.1 Å². The van der Waals surface area contributed by atoms with Gasteiger partial charge < -0.3 is 10.0 Å². The summed E-state index contributed by atoms with van der Waals surface area (Å²) in [6.45, 7) is 1.86. The minimum absolute atomic E-state index is 0.0916. The van der Waals surface area contributed by atoms with E-state index < -0.39 is 27.9 Å². The molecular formula is C22H20FN3O4S. The fourth-order valence-corrected chi connectivity index (χ4v) is 4.27. The molecule has 0 spiro atoms. The number of hydrogen-bond donors (Lipinski definition) is 2. The van der Waals surface area contributed by atoms with Gasteiger partial charge in [0.15, 0.2) is 0 Å². The summed E-state index contributed by atoms with van der Waals surface area (Å²) in [5.74, 6) is 1.45. The number of pyridine rings is 1. The van der Waals surface area contributed by atoms with Crippen molar-refractivity contribution in [1.29, 1.82) is 0 Å². The topological polar surface area (TPSA) is 99.6 Å². The number of sulfonamides is 1. The second-order valence-electron chi connectivity index (χ2n) is 6.88. The van der Waals surface area contributed by atoms with Crippen LogP contribution in [0.1, 0.15) is 13.3 Å². The van der Waals surface area contributed by atoms with Crippen LogP contribution in [0.15, 0.2) is 59.6 Å². The summed E-state index contributed by atoms with van der Waals surface area (Å²) in [5, 5.41) is 10.3. The second kappa shape index (κ2) is 9.02. The summed E-state index contributed by atoms with van der Waals surface area (Å²) in [6.07, 6.45) is 6.70. The Labute approximate surface area is 179 Å². The number of carbonyl (C=O) groups is 1. The van der Waals surface area contributed by atoms with Gasteiger partial charge in [-0.1, -0.05) is 30.2 Å². The van der Waals surface area contributed by atoms with Crippen LogP contribution in [0.25, 0.3) is 10.8 Å². The van der Waals surface area contributed by atoms with Crippen LogP contribution < -0.4 is 9.62 Å². The first-order valence-electron chi connectivity index (χ1n) is 9.31. The highest BCUT2D eigenvalue weighted by Crippen LogP contribution is 2.32. The van der Waals surface area contributed by atoms with Crippen molar-refractivity contribution in [2.45, 2.75) is 24.3 Å². The molecule has 9 heteroatoms. The molecule has 2 aromatic carbocycles. The smallest absolute Gasteiger partial charge is 0.305 e. The average Bonchev–Trinajstić information content (AvgIpc) is 2.72. The van der Waals surface area contributed by atoms with E-state index in [1.54, 1.807) is 36.1 Å². The van der Waals surface area contributed by atoms with E-state index in [9.17, 15) is 17.6 Å². The van der Waals surface area contributed by atoms with E-state index >= 15 is 0 Å². The number of nitrogens with zero attached hydrogens (tertiary/aromatic N) is 2. The number of nitrogens with one attached hydrogen (secondary N) is 1. The Balaban J connectivity index is 2.06. The Kier molecular flexibility index (Phi) is 6.42. The van der Waals surface area contributed by atoms with Crippen molar-refractivity contribution in [1.82, 2.24) is 4.98 Å². The molecule has 3 rings (SSSR count). The first-order valence-corrected chi connectivity index (χ1v) is 10.8. The van der Waals surface area contributed by atoms with E-state index in [2.05, 4.69) is 15.6 Å². The Morgan fingerprint density at radius 2 is 1.87 bits per heavy atom. The summed E-state index contributed by atoms with van der Waals surface area (Å²) in [5.41, 5.74) is 0.232. The molecule has 1 heterocycles. The number of carboxylic acids is 1. The third-order valence-corrected chi connectivity index (χ3v) is 6.06. The van der Waals surface area contributed by atoms with E-state index in [1.165, 1.54) is 18.3 Å². The van der Waals surface area contributed by atoms with Gasteiger partial charge in [-0.2, -0.15) is 0 Å². The lowest BCUT2D eigenvalue weighted by Gasteiger charge is -2.29. The summed E-state index contributed by atoms with van der Waals surface area (Å²) >= 11 is 0. The Morgan fingerprint density at radius 1 is 1.23 bits per heavy atom. The van der Waals surface area contributed by atoms with Gasteiger partial charge in [0.2, 0.25) is 0 Å². The molecule has 3 aromatic rings. The lowest BCUT2D eigenvalue weighted by atomic mass is 10.1. The third kappa shape index (κ3) is 4.92. The number of benzene rings is 2. The molecule has 0 unspecified atom stereocenters. The molecule has 160 valence electrons. The molecule has 7 nitrogen and oxygen atoms in total. The van der Waals surface area contributed by atoms with Crippen molar-refractivity contribution in [2.75, 3.05) is 16.2 Å². The molecule has 0 aliphatic rings. The summed E-state index contributed by atoms with van der Waals surface area (Å²) < 4.78 is 41.1. The van der Waals surface area contributed by atoms with Crippen molar-refractivity contribution >= 4 is 38.3 Å². The molecule has 0 aliphatic heterocycles. The van der Waals surface area contributed by atoms with E-state index in [4.69, 9.17) is 11.5 Å². The number of carboxylic acid groups (broad SMARTS) is 1. The highest BCUT2D eigenvalue weighted by atomic mass is 32.2. The maximum atomic E-state index is 13.2. The minimum Gasteiger partial charge on any atom is -0.481 e.